The normalized spacial score (nSPS) is 18.2. The number of aromatic amines is 1. The standard InChI is InChI=1S/C17H22N8S/c1-11-19-14(9-16(20-11)21-17-24-22-12(2)26-17)15-5-3-4-8-25(15)10-13-6-7-18-23-13/h6-7,9,15H,3-5,8,10H2,1-2H3,(H,18,23)(H,19,20,21,24)/t15-/m1/s1. The van der Waals surface area contributed by atoms with E-state index in [1.807, 2.05) is 26.0 Å². The summed E-state index contributed by atoms with van der Waals surface area (Å²) in [5, 5.41) is 20.2. The van der Waals surface area contributed by atoms with Gasteiger partial charge in [0.05, 0.1) is 11.7 Å². The number of piperidine rings is 1. The zero-order valence-corrected chi connectivity index (χ0v) is 15.8. The van der Waals surface area contributed by atoms with E-state index < -0.39 is 0 Å². The molecule has 3 aromatic heterocycles. The van der Waals surface area contributed by atoms with Crippen molar-refractivity contribution < 1.29 is 0 Å². The zero-order chi connectivity index (χ0) is 17.9. The first-order chi connectivity index (χ1) is 12.7. The van der Waals surface area contributed by atoms with Crippen LogP contribution in [0.2, 0.25) is 0 Å². The molecule has 1 atom stereocenters. The molecule has 4 heterocycles. The van der Waals surface area contributed by atoms with E-state index in [4.69, 9.17) is 4.98 Å². The third-order valence-electron chi connectivity index (χ3n) is 4.51. The van der Waals surface area contributed by atoms with Gasteiger partial charge in [0.25, 0.3) is 0 Å². The Labute approximate surface area is 156 Å². The SMILES string of the molecule is Cc1nc(Nc2nnc(C)s2)cc([C@H]2CCCCN2Cc2ccn[nH]2)n1. The molecule has 0 amide bonds. The predicted molar refractivity (Wildman–Crippen MR) is 100 cm³/mol. The molecule has 9 heteroatoms. The first-order valence-electron chi connectivity index (χ1n) is 8.82. The molecule has 0 aliphatic carbocycles. The summed E-state index contributed by atoms with van der Waals surface area (Å²) in [5.74, 6) is 1.54. The van der Waals surface area contributed by atoms with Crippen LogP contribution in [0.15, 0.2) is 18.3 Å². The van der Waals surface area contributed by atoms with Gasteiger partial charge < -0.3 is 5.32 Å². The van der Waals surface area contributed by atoms with E-state index in [-0.39, 0.29) is 6.04 Å². The highest BCUT2D eigenvalue weighted by Gasteiger charge is 2.26. The zero-order valence-electron chi connectivity index (χ0n) is 14.9. The molecular formula is C17H22N8S. The molecular weight excluding hydrogens is 348 g/mol. The second-order valence-corrected chi connectivity index (χ2v) is 7.72. The molecule has 0 spiro atoms. The number of aryl methyl sites for hydroxylation is 2. The monoisotopic (exact) mass is 370 g/mol. The van der Waals surface area contributed by atoms with Crippen LogP contribution >= 0.6 is 11.3 Å². The number of nitrogens with one attached hydrogen (secondary N) is 2. The van der Waals surface area contributed by atoms with Gasteiger partial charge in [-0.25, -0.2) is 9.97 Å². The van der Waals surface area contributed by atoms with E-state index in [0.29, 0.717) is 0 Å². The maximum absolute atomic E-state index is 4.73. The minimum absolute atomic E-state index is 0.283. The van der Waals surface area contributed by atoms with Crippen LogP contribution in [0, 0.1) is 13.8 Å². The lowest BCUT2D eigenvalue weighted by Gasteiger charge is -2.35. The van der Waals surface area contributed by atoms with Crippen molar-refractivity contribution in [2.45, 2.75) is 45.7 Å². The van der Waals surface area contributed by atoms with Gasteiger partial charge in [-0.3, -0.25) is 10.00 Å². The van der Waals surface area contributed by atoms with Crippen molar-refractivity contribution in [1.29, 1.82) is 0 Å². The number of aromatic nitrogens is 6. The molecule has 1 aliphatic rings. The lowest BCUT2D eigenvalue weighted by Crippen LogP contribution is -2.33. The molecule has 0 unspecified atom stereocenters. The second-order valence-electron chi connectivity index (χ2n) is 6.54. The average molecular weight is 370 g/mol. The van der Waals surface area contributed by atoms with Crippen molar-refractivity contribution in [1.82, 2.24) is 35.3 Å². The van der Waals surface area contributed by atoms with Crippen molar-refractivity contribution in [2.75, 3.05) is 11.9 Å². The van der Waals surface area contributed by atoms with E-state index in [0.717, 1.165) is 52.7 Å². The first kappa shape index (κ1) is 17.0. The molecule has 26 heavy (non-hydrogen) atoms. The molecule has 1 aliphatic heterocycles. The van der Waals surface area contributed by atoms with Crippen LogP contribution in [0.4, 0.5) is 10.9 Å². The average Bonchev–Trinajstić information content (AvgIpc) is 3.27. The molecule has 2 N–H and O–H groups in total. The minimum atomic E-state index is 0.283. The fourth-order valence-electron chi connectivity index (χ4n) is 3.39. The summed E-state index contributed by atoms with van der Waals surface area (Å²) in [5.41, 5.74) is 2.19. The Morgan fingerprint density at radius 3 is 2.96 bits per heavy atom. The summed E-state index contributed by atoms with van der Waals surface area (Å²) in [6.07, 6.45) is 5.33. The highest BCUT2D eigenvalue weighted by molar-refractivity contribution is 7.15. The number of hydrogen-bond acceptors (Lipinski definition) is 8. The van der Waals surface area contributed by atoms with Gasteiger partial charge in [0.15, 0.2) is 0 Å². The van der Waals surface area contributed by atoms with Crippen molar-refractivity contribution in [3.63, 3.8) is 0 Å². The van der Waals surface area contributed by atoms with Gasteiger partial charge in [-0.15, -0.1) is 10.2 Å². The Kier molecular flexibility index (Phi) is 4.89. The summed E-state index contributed by atoms with van der Waals surface area (Å²) in [7, 11) is 0. The van der Waals surface area contributed by atoms with Crippen molar-refractivity contribution in [2.24, 2.45) is 0 Å². The first-order valence-corrected chi connectivity index (χ1v) is 9.64. The Bertz CT molecular complexity index is 860. The predicted octanol–water partition coefficient (Wildman–Crippen LogP) is 3.14. The van der Waals surface area contributed by atoms with Crippen LogP contribution in [-0.4, -0.2) is 41.8 Å². The number of hydrogen-bond donors (Lipinski definition) is 2. The van der Waals surface area contributed by atoms with Gasteiger partial charge in [-0.1, -0.05) is 17.8 Å². The Balaban J connectivity index is 1.58. The van der Waals surface area contributed by atoms with Gasteiger partial charge in [-0.2, -0.15) is 5.10 Å². The van der Waals surface area contributed by atoms with Gasteiger partial charge in [0.1, 0.15) is 16.6 Å². The van der Waals surface area contributed by atoms with E-state index >= 15 is 0 Å². The Morgan fingerprint density at radius 1 is 1.27 bits per heavy atom. The Morgan fingerprint density at radius 2 is 2.19 bits per heavy atom. The molecule has 0 bridgehead atoms. The summed E-state index contributed by atoms with van der Waals surface area (Å²) >= 11 is 1.52. The summed E-state index contributed by atoms with van der Waals surface area (Å²) in [4.78, 5) is 11.7. The molecule has 8 nitrogen and oxygen atoms in total. The topological polar surface area (TPSA) is 95.5 Å². The lowest BCUT2D eigenvalue weighted by atomic mass is 9.98. The third kappa shape index (κ3) is 3.88. The van der Waals surface area contributed by atoms with Crippen LogP contribution in [0.5, 0.6) is 0 Å². The van der Waals surface area contributed by atoms with Crippen molar-refractivity contribution in [3.05, 3.63) is 40.5 Å². The van der Waals surface area contributed by atoms with Crippen molar-refractivity contribution in [3.8, 4) is 0 Å². The minimum Gasteiger partial charge on any atom is -0.315 e. The number of anilines is 2. The third-order valence-corrected chi connectivity index (χ3v) is 5.26. The van der Waals surface area contributed by atoms with Crippen LogP contribution in [0.3, 0.4) is 0 Å². The highest BCUT2D eigenvalue weighted by atomic mass is 32.1. The molecule has 1 saturated heterocycles. The number of likely N-dealkylation sites (tertiary alicyclic amines) is 1. The molecule has 0 saturated carbocycles. The van der Waals surface area contributed by atoms with E-state index in [2.05, 4.69) is 35.6 Å². The molecule has 136 valence electrons. The second kappa shape index (κ2) is 7.46. The maximum atomic E-state index is 4.73. The van der Waals surface area contributed by atoms with E-state index in [1.54, 1.807) is 6.20 Å². The number of nitrogens with zero attached hydrogens (tertiary/aromatic N) is 6. The van der Waals surface area contributed by atoms with Gasteiger partial charge >= 0.3 is 0 Å². The van der Waals surface area contributed by atoms with Gasteiger partial charge in [0, 0.05) is 24.5 Å². The van der Waals surface area contributed by atoms with Crippen molar-refractivity contribution >= 4 is 22.3 Å². The highest BCUT2D eigenvalue weighted by Crippen LogP contribution is 2.32. The van der Waals surface area contributed by atoms with Gasteiger partial charge in [-0.05, 0) is 39.3 Å². The fraction of sp³-hybridized carbons (Fsp3) is 0.471. The molecule has 4 rings (SSSR count). The van der Waals surface area contributed by atoms with Crippen LogP contribution in [0.25, 0.3) is 0 Å². The van der Waals surface area contributed by atoms with E-state index in [9.17, 15) is 0 Å². The molecule has 1 fully saturated rings. The largest absolute Gasteiger partial charge is 0.315 e. The molecule has 0 radical (unpaired) electrons. The quantitative estimate of drug-likeness (QED) is 0.712. The summed E-state index contributed by atoms with van der Waals surface area (Å²) < 4.78 is 0. The van der Waals surface area contributed by atoms with Gasteiger partial charge in [0.2, 0.25) is 5.13 Å². The number of rotatable bonds is 5. The fourth-order valence-corrected chi connectivity index (χ4v) is 3.99. The summed E-state index contributed by atoms with van der Waals surface area (Å²) in [6, 6.07) is 4.35. The molecule has 0 aromatic carbocycles. The molecule has 3 aromatic rings. The van der Waals surface area contributed by atoms with Crippen LogP contribution in [-0.2, 0) is 6.54 Å². The summed E-state index contributed by atoms with van der Waals surface area (Å²) in [6.45, 7) is 5.79. The number of H-pyrrole nitrogens is 1. The van der Waals surface area contributed by atoms with Crippen LogP contribution in [0.1, 0.15) is 47.5 Å². The Hall–Kier alpha value is -2.39. The lowest BCUT2D eigenvalue weighted by molar-refractivity contribution is 0.135. The maximum Gasteiger partial charge on any atom is 0.211 e. The van der Waals surface area contributed by atoms with Crippen LogP contribution < -0.4 is 5.32 Å². The van der Waals surface area contributed by atoms with E-state index in [1.165, 1.54) is 24.2 Å². The smallest absolute Gasteiger partial charge is 0.211 e.